The number of aromatic nitrogens is 1. The van der Waals surface area contributed by atoms with Gasteiger partial charge in [0.25, 0.3) is 0 Å². The van der Waals surface area contributed by atoms with Crippen molar-refractivity contribution in [3.8, 4) is 0 Å². The summed E-state index contributed by atoms with van der Waals surface area (Å²) in [5.41, 5.74) is 2.57. The van der Waals surface area contributed by atoms with Crippen molar-refractivity contribution in [1.29, 1.82) is 0 Å². The molecule has 1 aromatic rings. The molecule has 0 bridgehead atoms. The first-order valence-electron chi connectivity index (χ1n) is 4.85. The Hall–Kier alpha value is -0.370. The van der Waals surface area contributed by atoms with Gasteiger partial charge in [-0.3, -0.25) is 0 Å². The predicted octanol–water partition coefficient (Wildman–Crippen LogP) is 3.84. The van der Waals surface area contributed by atoms with Crippen molar-refractivity contribution in [2.24, 2.45) is 0 Å². The van der Waals surface area contributed by atoms with Crippen molar-refractivity contribution in [2.75, 3.05) is 0 Å². The fourth-order valence-corrected chi connectivity index (χ4v) is 2.29. The van der Waals surface area contributed by atoms with Crippen LogP contribution in [0.3, 0.4) is 0 Å². The maximum Gasteiger partial charge on any atom is 0.109 e. The fourth-order valence-electron chi connectivity index (χ4n) is 1.50. The maximum absolute atomic E-state index is 4.57. The summed E-state index contributed by atoms with van der Waals surface area (Å²) in [6.45, 7) is 4.39. The molecule has 0 saturated heterocycles. The van der Waals surface area contributed by atoms with Crippen LogP contribution in [0.5, 0.6) is 0 Å². The van der Waals surface area contributed by atoms with Gasteiger partial charge < -0.3 is 0 Å². The van der Waals surface area contributed by atoms with Gasteiger partial charge in [0.1, 0.15) is 4.60 Å². The van der Waals surface area contributed by atoms with Crippen LogP contribution in [0, 0.1) is 0 Å². The van der Waals surface area contributed by atoms with Gasteiger partial charge >= 0.3 is 0 Å². The largest absolute Gasteiger partial charge is 0.245 e. The summed E-state index contributed by atoms with van der Waals surface area (Å²) in [6.07, 6.45) is 2.64. The van der Waals surface area contributed by atoms with E-state index in [1.165, 1.54) is 24.1 Å². The molecular weight excluding hydrogens is 226 g/mol. The molecule has 0 N–H and O–H groups in total. The SMILES string of the molecule is CC(C)c1ccc(C2CC2)nc1Br. The third-order valence-corrected chi connectivity index (χ3v) is 3.15. The average Bonchev–Trinajstić information content (AvgIpc) is 2.85. The smallest absolute Gasteiger partial charge is 0.109 e. The lowest BCUT2D eigenvalue weighted by Crippen LogP contribution is -1.94. The van der Waals surface area contributed by atoms with Crippen LogP contribution in [-0.2, 0) is 0 Å². The second-order valence-corrected chi connectivity index (χ2v) is 4.80. The van der Waals surface area contributed by atoms with Crippen LogP contribution in [0.15, 0.2) is 16.7 Å². The van der Waals surface area contributed by atoms with E-state index in [1.807, 2.05) is 0 Å². The number of rotatable bonds is 2. The first kappa shape index (κ1) is 9.20. The minimum absolute atomic E-state index is 0.551. The molecule has 1 nitrogen and oxygen atoms in total. The van der Waals surface area contributed by atoms with Crippen LogP contribution in [0.4, 0.5) is 0 Å². The van der Waals surface area contributed by atoms with Crippen LogP contribution in [0.2, 0.25) is 0 Å². The molecule has 0 atom stereocenters. The molecule has 1 saturated carbocycles. The molecule has 0 radical (unpaired) electrons. The summed E-state index contributed by atoms with van der Waals surface area (Å²) < 4.78 is 1.03. The Morgan fingerprint density at radius 1 is 1.38 bits per heavy atom. The fraction of sp³-hybridized carbons (Fsp3) is 0.545. The molecule has 0 unspecified atom stereocenters. The van der Waals surface area contributed by atoms with Gasteiger partial charge in [0.2, 0.25) is 0 Å². The van der Waals surface area contributed by atoms with E-state index in [2.05, 4.69) is 46.9 Å². The predicted molar refractivity (Wildman–Crippen MR) is 58.0 cm³/mol. The summed E-state index contributed by atoms with van der Waals surface area (Å²) in [4.78, 5) is 4.57. The Morgan fingerprint density at radius 2 is 2.08 bits per heavy atom. The molecule has 0 spiro atoms. The lowest BCUT2D eigenvalue weighted by atomic mass is 10.1. The highest BCUT2D eigenvalue weighted by Crippen LogP contribution is 2.40. The first-order chi connectivity index (χ1) is 6.18. The topological polar surface area (TPSA) is 12.9 Å². The van der Waals surface area contributed by atoms with E-state index in [-0.39, 0.29) is 0 Å². The minimum atomic E-state index is 0.551. The summed E-state index contributed by atoms with van der Waals surface area (Å²) in [5, 5.41) is 0. The van der Waals surface area contributed by atoms with E-state index < -0.39 is 0 Å². The van der Waals surface area contributed by atoms with Crippen LogP contribution in [0.1, 0.15) is 49.8 Å². The number of pyridine rings is 1. The Morgan fingerprint density at radius 3 is 2.54 bits per heavy atom. The average molecular weight is 240 g/mol. The number of hydrogen-bond donors (Lipinski definition) is 0. The third-order valence-electron chi connectivity index (χ3n) is 2.52. The van der Waals surface area contributed by atoms with Gasteiger partial charge in [-0.25, -0.2) is 4.98 Å². The molecule has 1 fully saturated rings. The van der Waals surface area contributed by atoms with Gasteiger partial charge in [0, 0.05) is 11.6 Å². The molecule has 13 heavy (non-hydrogen) atoms. The standard InChI is InChI=1S/C11H14BrN/c1-7(2)9-5-6-10(8-3-4-8)13-11(9)12/h5-8H,3-4H2,1-2H3. The van der Waals surface area contributed by atoms with E-state index in [0.717, 1.165) is 10.5 Å². The highest BCUT2D eigenvalue weighted by atomic mass is 79.9. The van der Waals surface area contributed by atoms with E-state index in [0.29, 0.717) is 5.92 Å². The molecule has 0 amide bonds. The van der Waals surface area contributed by atoms with E-state index in [1.54, 1.807) is 0 Å². The van der Waals surface area contributed by atoms with Crippen LogP contribution in [0.25, 0.3) is 0 Å². The van der Waals surface area contributed by atoms with Gasteiger partial charge in [0.15, 0.2) is 0 Å². The molecule has 2 rings (SSSR count). The van der Waals surface area contributed by atoms with Crippen LogP contribution < -0.4 is 0 Å². The summed E-state index contributed by atoms with van der Waals surface area (Å²) in [6, 6.07) is 4.38. The van der Waals surface area contributed by atoms with Crippen molar-refractivity contribution in [3.05, 3.63) is 28.0 Å². The van der Waals surface area contributed by atoms with E-state index >= 15 is 0 Å². The van der Waals surface area contributed by atoms with Gasteiger partial charge in [-0.05, 0) is 46.3 Å². The lowest BCUT2D eigenvalue weighted by Gasteiger charge is -2.08. The number of hydrogen-bond acceptors (Lipinski definition) is 1. The van der Waals surface area contributed by atoms with Crippen LogP contribution in [-0.4, -0.2) is 4.98 Å². The monoisotopic (exact) mass is 239 g/mol. The summed E-state index contributed by atoms with van der Waals surface area (Å²) in [5.74, 6) is 1.30. The summed E-state index contributed by atoms with van der Waals surface area (Å²) in [7, 11) is 0. The van der Waals surface area contributed by atoms with Gasteiger partial charge in [0.05, 0.1) is 0 Å². The molecule has 1 heterocycles. The quantitative estimate of drug-likeness (QED) is 0.715. The zero-order valence-corrected chi connectivity index (χ0v) is 9.63. The van der Waals surface area contributed by atoms with Gasteiger partial charge in [-0.15, -0.1) is 0 Å². The summed E-state index contributed by atoms with van der Waals surface area (Å²) >= 11 is 3.53. The Labute approximate surface area is 87.7 Å². The highest BCUT2D eigenvalue weighted by Gasteiger charge is 2.25. The molecule has 0 aromatic carbocycles. The first-order valence-corrected chi connectivity index (χ1v) is 5.64. The number of halogens is 1. The zero-order chi connectivity index (χ0) is 9.42. The maximum atomic E-state index is 4.57. The third kappa shape index (κ3) is 1.93. The highest BCUT2D eigenvalue weighted by molar-refractivity contribution is 9.10. The lowest BCUT2D eigenvalue weighted by molar-refractivity contribution is 0.839. The van der Waals surface area contributed by atoms with Gasteiger partial charge in [-0.2, -0.15) is 0 Å². The molecule has 1 aliphatic rings. The second-order valence-electron chi connectivity index (χ2n) is 4.05. The molecule has 1 aliphatic carbocycles. The second kappa shape index (κ2) is 3.41. The Kier molecular flexibility index (Phi) is 2.41. The number of nitrogens with zero attached hydrogens (tertiary/aromatic N) is 1. The minimum Gasteiger partial charge on any atom is -0.245 e. The Balaban J connectivity index is 2.31. The van der Waals surface area contributed by atoms with Crippen molar-refractivity contribution in [3.63, 3.8) is 0 Å². The van der Waals surface area contributed by atoms with Crippen molar-refractivity contribution in [2.45, 2.75) is 38.5 Å². The Bertz CT molecular complexity index is 316. The molecule has 0 aliphatic heterocycles. The molecule has 2 heteroatoms. The van der Waals surface area contributed by atoms with Crippen LogP contribution >= 0.6 is 15.9 Å². The molecule has 1 aromatic heterocycles. The van der Waals surface area contributed by atoms with Crippen molar-refractivity contribution < 1.29 is 0 Å². The van der Waals surface area contributed by atoms with Gasteiger partial charge in [-0.1, -0.05) is 19.9 Å². The zero-order valence-electron chi connectivity index (χ0n) is 8.05. The molecular formula is C11H14BrN. The van der Waals surface area contributed by atoms with Crippen molar-refractivity contribution in [1.82, 2.24) is 4.98 Å². The van der Waals surface area contributed by atoms with E-state index in [4.69, 9.17) is 0 Å². The van der Waals surface area contributed by atoms with Crippen molar-refractivity contribution >= 4 is 15.9 Å². The normalized spacial score (nSPS) is 16.6. The van der Waals surface area contributed by atoms with E-state index in [9.17, 15) is 0 Å². The molecule has 70 valence electrons.